The van der Waals surface area contributed by atoms with Gasteiger partial charge >= 0.3 is 0 Å². The van der Waals surface area contributed by atoms with Gasteiger partial charge in [0.2, 0.25) is 0 Å². The predicted molar refractivity (Wildman–Crippen MR) is 33.8 cm³/mol. The van der Waals surface area contributed by atoms with Crippen molar-refractivity contribution in [3.05, 3.63) is 29.1 Å². The van der Waals surface area contributed by atoms with Gasteiger partial charge in [-0.2, -0.15) is 0 Å². The Balaban J connectivity index is 3.33. The van der Waals surface area contributed by atoms with Crippen LogP contribution in [0.2, 0.25) is 0 Å². The van der Waals surface area contributed by atoms with E-state index in [2.05, 4.69) is 4.98 Å². The second-order valence-electron chi connectivity index (χ2n) is 2.22. The molecule has 0 aliphatic carbocycles. The Labute approximate surface area is 66.0 Å². The van der Waals surface area contributed by atoms with Gasteiger partial charge in [0.25, 0.3) is 6.43 Å². The van der Waals surface area contributed by atoms with Crippen LogP contribution in [-0.4, -0.2) is 4.98 Å². The number of rotatable bonds is 1. The predicted octanol–water partition coefficient (Wildman–Crippen LogP) is 2.61. The Morgan fingerprint density at radius 1 is 1.33 bits per heavy atom. The minimum Gasteiger partial charge on any atom is -0.258 e. The molecule has 0 saturated carbocycles. The van der Waals surface area contributed by atoms with Crippen LogP contribution >= 0.6 is 0 Å². The largest absolute Gasteiger partial charge is 0.268 e. The lowest BCUT2D eigenvalue weighted by Gasteiger charge is -2.04. The average molecular weight is 179 g/mol. The van der Waals surface area contributed by atoms with Crippen LogP contribution in [0.25, 0.3) is 0 Å². The Kier molecular flexibility index (Phi) is 2.30. The lowest BCUT2D eigenvalue weighted by molar-refractivity contribution is 0.143. The molecule has 1 nitrogen and oxygen atoms in total. The van der Waals surface area contributed by atoms with Crippen molar-refractivity contribution in [3.8, 4) is 0 Å². The summed E-state index contributed by atoms with van der Waals surface area (Å²) in [6.07, 6.45) is -2.45. The Morgan fingerprint density at radius 3 is 2.33 bits per heavy atom. The molecule has 0 bridgehead atoms. The van der Waals surface area contributed by atoms with Gasteiger partial charge in [0, 0.05) is 5.69 Å². The fourth-order valence-electron chi connectivity index (χ4n) is 0.821. The molecule has 0 N–H and O–H groups in total. The molecule has 1 rings (SSSR count). The maximum absolute atomic E-state index is 12.6. The first kappa shape index (κ1) is 8.96. The molecule has 0 spiro atoms. The molecule has 66 valence electrons. The third-order valence-corrected chi connectivity index (χ3v) is 1.43. The van der Waals surface area contributed by atoms with Gasteiger partial charge in [-0.25, -0.2) is 17.6 Å². The number of hydrogen-bond donors (Lipinski definition) is 0. The second-order valence-corrected chi connectivity index (χ2v) is 2.22. The molecule has 0 aromatic carbocycles. The van der Waals surface area contributed by atoms with Crippen molar-refractivity contribution in [2.24, 2.45) is 0 Å². The number of pyridine rings is 1. The average Bonchev–Trinajstić information content (AvgIpc) is 1.97. The van der Waals surface area contributed by atoms with Crippen molar-refractivity contribution in [2.75, 3.05) is 0 Å². The van der Waals surface area contributed by atoms with Crippen LogP contribution < -0.4 is 0 Å². The topological polar surface area (TPSA) is 12.9 Å². The summed E-state index contributed by atoms with van der Waals surface area (Å²) >= 11 is 0. The van der Waals surface area contributed by atoms with Gasteiger partial charge in [-0.05, 0) is 6.92 Å². The molecule has 0 atom stereocenters. The van der Waals surface area contributed by atoms with E-state index in [1.54, 1.807) is 0 Å². The number of halogens is 4. The normalized spacial score (nSPS) is 10.8. The molecule has 0 unspecified atom stereocenters. The van der Waals surface area contributed by atoms with Crippen LogP contribution in [0.3, 0.4) is 0 Å². The van der Waals surface area contributed by atoms with E-state index in [0.29, 0.717) is 6.20 Å². The Hall–Kier alpha value is -1.13. The van der Waals surface area contributed by atoms with Gasteiger partial charge in [-0.1, -0.05) is 0 Å². The highest BCUT2D eigenvalue weighted by Crippen LogP contribution is 2.25. The molecule has 1 aromatic heterocycles. The zero-order valence-corrected chi connectivity index (χ0v) is 6.11. The molecule has 0 radical (unpaired) electrons. The van der Waals surface area contributed by atoms with Crippen LogP contribution in [0, 0.1) is 18.6 Å². The molecular weight excluding hydrogens is 174 g/mol. The van der Waals surface area contributed by atoms with Crippen molar-refractivity contribution >= 4 is 0 Å². The van der Waals surface area contributed by atoms with Crippen molar-refractivity contribution < 1.29 is 17.6 Å². The number of nitrogens with zero attached hydrogens (tertiary/aromatic N) is 1. The Bertz CT molecular complexity index is 298. The van der Waals surface area contributed by atoms with E-state index in [1.165, 1.54) is 6.92 Å². The highest BCUT2D eigenvalue weighted by Gasteiger charge is 2.20. The van der Waals surface area contributed by atoms with E-state index >= 15 is 0 Å². The molecule has 0 aliphatic heterocycles. The minimum absolute atomic E-state index is 0.191. The highest BCUT2D eigenvalue weighted by atomic mass is 19.3. The van der Waals surface area contributed by atoms with Crippen molar-refractivity contribution in [2.45, 2.75) is 13.3 Å². The maximum Gasteiger partial charge on any atom is 0.268 e. The van der Waals surface area contributed by atoms with E-state index in [4.69, 9.17) is 0 Å². The summed E-state index contributed by atoms with van der Waals surface area (Å²) in [7, 11) is 0. The Morgan fingerprint density at radius 2 is 1.92 bits per heavy atom. The van der Waals surface area contributed by atoms with Crippen molar-refractivity contribution in [3.63, 3.8) is 0 Å². The number of aromatic nitrogens is 1. The first-order chi connectivity index (χ1) is 5.54. The third kappa shape index (κ3) is 1.39. The van der Waals surface area contributed by atoms with E-state index in [1.807, 2.05) is 0 Å². The third-order valence-electron chi connectivity index (χ3n) is 1.43. The molecule has 0 saturated heterocycles. The number of alkyl halides is 2. The van der Waals surface area contributed by atoms with Crippen LogP contribution in [0.5, 0.6) is 0 Å². The van der Waals surface area contributed by atoms with Crippen molar-refractivity contribution in [1.82, 2.24) is 4.98 Å². The van der Waals surface area contributed by atoms with Crippen LogP contribution in [-0.2, 0) is 0 Å². The fourth-order valence-corrected chi connectivity index (χ4v) is 0.821. The first-order valence-corrected chi connectivity index (χ1v) is 3.12. The number of aryl methyl sites for hydroxylation is 1. The first-order valence-electron chi connectivity index (χ1n) is 3.12. The van der Waals surface area contributed by atoms with Gasteiger partial charge in [-0.3, -0.25) is 4.98 Å². The summed E-state index contributed by atoms with van der Waals surface area (Å²) < 4.78 is 49.0. The molecule has 0 amide bonds. The lowest BCUT2D eigenvalue weighted by Crippen LogP contribution is -2.00. The maximum atomic E-state index is 12.6. The SMILES string of the molecule is Cc1ncc(F)c(F)c1C(F)F. The summed E-state index contributed by atoms with van der Waals surface area (Å²) in [6, 6.07) is 0. The molecule has 1 heterocycles. The standard InChI is InChI=1S/C7H5F4N/c1-3-5(7(10)11)6(9)4(8)2-12-3/h2,7H,1H3. The van der Waals surface area contributed by atoms with E-state index in [0.717, 1.165) is 0 Å². The van der Waals surface area contributed by atoms with Crippen molar-refractivity contribution in [1.29, 1.82) is 0 Å². The molecule has 0 fully saturated rings. The van der Waals surface area contributed by atoms with Gasteiger partial charge in [-0.15, -0.1) is 0 Å². The monoisotopic (exact) mass is 179 g/mol. The van der Waals surface area contributed by atoms with Crippen LogP contribution in [0.15, 0.2) is 6.20 Å². The van der Waals surface area contributed by atoms with Gasteiger partial charge < -0.3 is 0 Å². The zero-order valence-electron chi connectivity index (χ0n) is 6.11. The molecule has 12 heavy (non-hydrogen) atoms. The summed E-state index contributed by atoms with van der Waals surface area (Å²) in [4.78, 5) is 3.27. The summed E-state index contributed by atoms with van der Waals surface area (Å²) in [5.74, 6) is -2.87. The van der Waals surface area contributed by atoms with E-state index in [-0.39, 0.29) is 5.69 Å². The molecule has 5 heteroatoms. The highest BCUT2D eigenvalue weighted by molar-refractivity contribution is 5.22. The van der Waals surface area contributed by atoms with E-state index in [9.17, 15) is 17.6 Å². The van der Waals surface area contributed by atoms with Gasteiger partial charge in [0.05, 0.1) is 11.8 Å². The zero-order chi connectivity index (χ0) is 9.30. The number of hydrogen-bond acceptors (Lipinski definition) is 1. The fraction of sp³-hybridized carbons (Fsp3) is 0.286. The lowest BCUT2D eigenvalue weighted by atomic mass is 10.2. The van der Waals surface area contributed by atoms with Gasteiger partial charge in [0.1, 0.15) is 0 Å². The van der Waals surface area contributed by atoms with Gasteiger partial charge in [0.15, 0.2) is 11.6 Å². The smallest absolute Gasteiger partial charge is 0.258 e. The van der Waals surface area contributed by atoms with Crippen LogP contribution in [0.1, 0.15) is 17.7 Å². The minimum atomic E-state index is -3.03. The molecule has 1 aromatic rings. The summed E-state index contributed by atoms with van der Waals surface area (Å²) in [5.41, 5.74) is -1.15. The van der Waals surface area contributed by atoms with E-state index < -0.39 is 23.6 Å². The summed E-state index contributed by atoms with van der Waals surface area (Å²) in [6.45, 7) is 1.20. The quantitative estimate of drug-likeness (QED) is 0.604. The molecular formula is C7H5F4N. The molecule has 0 aliphatic rings. The van der Waals surface area contributed by atoms with Crippen LogP contribution in [0.4, 0.5) is 17.6 Å². The summed E-state index contributed by atoms with van der Waals surface area (Å²) in [5, 5.41) is 0. The second kappa shape index (κ2) is 3.08.